The lowest BCUT2D eigenvalue weighted by Crippen LogP contribution is -2.18. The van der Waals surface area contributed by atoms with E-state index in [0.29, 0.717) is 5.02 Å². The molecule has 0 bridgehead atoms. The molecule has 0 unspecified atom stereocenters. The van der Waals surface area contributed by atoms with Gasteiger partial charge in [0.2, 0.25) is 0 Å². The third-order valence-electron chi connectivity index (χ3n) is 2.51. The van der Waals surface area contributed by atoms with Crippen LogP contribution in [0.4, 0.5) is 5.69 Å². The Bertz CT molecular complexity index is 352. The highest BCUT2D eigenvalue weighted by Gasteiger charge is 2.06. The van der Waals surface area contributed by atoms with Crippen LogP contribution in [-0.2, 0) is 6.61 Å². The Morgan fingerprint density at radius 3 is 2.81 bits per heavy atom. The molecule has 0 aliphatic heterocycles. The van der Waals surface area contributed by atoms with Crippen molar-refractivity contribution in [3.05, 3.63) is 41.4 Å². The Labute approximate surface area is 102 Å². The lowest BCUT2D eigenvalue weighted by atomic mass is 10.2. The van der Waals surface area contributed by atoms with E-state index >= 15 is 0 Å². The molecule has 0 aliphatic rings. The zero-order valence-electron chi connectivity index (χ0n) is 9.62. The van der Waals surface area contributed by atoms with E-state index in [1.165, 1.54) is 0 Å². The summed E-state index contributed by atoms with van der Waals surface area (Å²) in [5.41, 5.74) is 1.84. The van der Waals surface area contributed by atoms with Gasteiger partial charge in [0.15, 0.2) is 0 Å². The van der Waals surface area contributed by atoms with Crippen LogP contribution in [0, 0.1) is 0 Å². The number of anilines is 1. The van der Waals surface area contributed by atoms with Crippen LogP contribution in [0.15, 0.2) is 30.9 Å². The Balaban J connectivity index is 2.67. The van der Waals surface area contributed by atoms with Crippen LogP contribution in [0.3, 0.4) is 0 Å². The third kappa shape index (κ3) is 3.54. The summed E-state index contributed by atoms with van der Waals surface area (Å²) < 4.78 is 0. The van der Waals surface area contributed by atoms with Crippen molar-refractivity contribution < 1.29 is 5.11 Å². The van der Waals surface area contributed by atoms with Gasteiger partial charge in [-0.05, 0) is 30.5 Å². The van der Waals surface area contributed by atoms with E-state index in [2.05, 4.69) is 11.5 Å². The second-order valence-electron chi connectivity index (χ2n) is 3.80. The van der Waals surface area contributed by atoms with E-state index in [4.69, 9.17) is 16.7 Å². The SMILES string of the molecule is C=CCCCN(C)c1ccc(CO)cc1Cl. The van der Waals surface area contributed by atoms with E-state index in [0.717, 1.165) is 30.6 Å². The normalized spacial score (nSPS) is 10.2. The molecule has 2 nitrogen and oxygen atoms in total. The standard InChI is InChI=1S/C13H18ClNO/c1-3-4-5-8-15(2)13-7-6-11(10-16)9-12(13)14/h3,6-7,9,16H,1,4-5,8,10H2,2H3. The number of allylic oxidation sites excluding steroid dienone is 1. The third-order valence-corrected chi connectivity index (χ3v) is 2.81. The Morgan fingerprint density at radius 2 is 2.25 bits per heavy atom. The average Bonchev–Trinajstić information content (AvgIpc) is 2.29. The molecule has 0 aromatic heterocycles. The number of halogens is 1. The van der Waals surface area contributed by atoms with E-state index < -0.39 is 0 Å². The van der Waals surface area contributed by atoms with Crippen LogP contribution in [0.5, 0.6) is 0 Å². The number of unbranched alkanes of at least 4 members (excludes halogenated alkanes) is 1. The monoisotopic (exact) mass is 239 g/mol. The quantitative estimate of drug-likeness (QED) is 0.609. The molecule has 0 aliphatic carbocycles. The van der Waals surface area contributed by atoms with Gasteiger partial charge in [-0.25, -0.2) is 0 Å². The summed E-state index contributed by atoms with van der Waals surface area (Å²) in [4.78, 5) is 2.12. The fraction of sp³-hybridized carbons (Fsp3) is 0.385. The van der Waals surface area contributed by atoms with Crippen LogP contribution in [-0.4, -0.2) is 18.7 Å². The lowest BCUT2D eigenvalue weighted by molar-refractivity contribution is 0.282. The van der Waals surface area contributed by atoms with Gasteiger partial charge >= 0.3 is 0 Å². The van der Waals surface area contributed by atoms with E-state index in [1.807, 2.05) is 25.3 Å². The number of rotatable bonds is 6. The summed E-state index contributed by atoms with van der Waals surface area (Å²) in [7, 11) is 2.02. The van der Waals surface area contributed by atoms with Crippen molar-refractivity contribution >= 4 is 17.3 Å². The molecule has 88 valence electrons. The molecule has 1 rings (SSSR count). The second kappa shape index (κ2) is 6.56. The Kier molecular flexibility index (Phi) is 5.36. The minimum atomic E-state index is 0.0280. The summed E-state index contributed by atoms with van der Waals surface area (Å²) in [6.07, 6.45) is 4.00. The Hall–Kier alpha value is -0.990. The van der Waals surface area contributed by atoms with E-state index in [9.17, 15) is 0 Å². The predicted molar refractivity (Wildman–Crippen MR) is 70.1 cm³/mol. The van der Waals surface area contributed by atoms with Crippen molar-refractivity contribution in [1.29, 1.82) is 0 Å². The summed E-state index contributed by atoms with van der Waals surface area (Å²) in [5.74, 6) is 0. The highest BCUT2D eigenvalue weighted by atomic mass is 35.5. The van der Waals surface area contributed by atoms with Gasteiger partial charge in [0.05, 0.1) is 17.3 Å². The molecular formula is C13H18ClNO. The van der Waals surface area contributed by atoms with Gasteiger partial charge in [-0.2, -0.15) is 0 Å². The summed E-state index contributed by atoms with van der Waals surface area (Å²) in [6, 6.07) is 5.65. The maximum atomic E-state index is 8.98. The maximum Gasteiger partial charge on any atom is 0.0682 e. The zero-order valence-corrected chi connectivity index (χ0v) is 10.4. The fourth-order valence-electron chi connectivity index (χ4n) is 1.55. The first-order chi connectivity index (χ1) is 7.69. The number of nitrogens with zero attached hydrogens (tertiary/aromatic N) is 1. The number of aliphatic hydroxyl groups excluding tert-OH is 1. The molecule has 0 heterocycles. The molecule has 0 fully saturated rings. The number of hydrogen-bond donors (Lipinski definition) is 1. The smallest absolute Gasteiger partial charge is 0.0682 e. The minimum Gasteiger partial charge on any atom is -0.392 e. The molecule has 1 aromatic carbocycles. The van der Waals surface area contributed by atoms with Crippen LogP contribution < -0.4 is 4.90 Å². The molecule has 0 saturated heterocycles. The summed E-state index contributed by atoms with van der Waals surface area (Å²) in [5, 5.41) is 9.67. The van der Waals surface area contributed by atoms with Gasteiger partial charge in [-0.15, -0.1) is 6.58 Å². The van der Waals surface area contributed by atoms with E-state index in [1.54, 1.807) is 6.07 Å². The maximum absolute atomic E-state index is 8.98. The first-order valence-corrected chi connectivity index (χ1v) is 5.78. The molecule has 0 amide bonds. The van der Waals surface area contributed by atoms with Gasteiger partial charge in [0.25, 0.3) is 0 Å². The predicted octanol–water partition coefficient (Wildman–Crippen LogP) is 3.23. The van der Waals surface area contributed by atoms with Gasteiger partial charge in [-0.1, -0.05) is 23.7 Å². The topological polar surface area (TPSA) is 23.5 Å². The van der Waals surface area contributed by atoms with Gasteiger partial charge < -0.3 is 10.0 Å². The van der Waals surface area contributed by atoms with Crippen LogP contribution in [0.2, 0.25) is 5.02 Å². The lowest BCUT2D eigenvalue weighted by Gasteiger charge is -2.20. The molecule has 0 atom stereocenters. The summed E-state index contributed by atoms with van der Waals surface area (Å²) >= 11 is 6.14. The molecule has 3 heteroatoms. The van der Waals surface area contributed by atoms with E-state index in [-0.39, 0.29) is 6.61 Å². The molecule has 0 radical (unpaired) electrons. The second-order valence-corrected chi connectivity index (χ2v) is 4.20. The van der Waals surface area contributed by atoms with Crippen LogP contribution in [0.25, 0.3) is 0 Å². The largest absolute Gasteiger partial charge is 0.392 e. The van der Waals surface area contributed by atoms with Crippen molar-refractivity contribution in [3.8, 4) is 0 Å². The number of hydrogen-bond acceptors (Lipinski definition) is 2. The van der Waals surface area contributed by atoms with Gasteiger partial charge in [0, 0.05) is 13.6 Å². The van der Waals surface area contributed by atoms with Crippen molar-refractivity contribution in [2.45, 2.75) is 19.4 Å². The van der Waals surface area contributed by atoms with Crippen molar-refractivity contribution in [1.82, 2.24) is 0 Å². The molecule has 0 saturated carbocycles. The highest BCUT2D eigenvalue weighted by molar-refractivity contribution is 6.33. The number of aliphatic hydroxyl groups is 1. The van der Waals surface area contributed by atoms with Crippen molar-refractivity contribution in [3.63, 3.8) is 0 Å². The highest BCUT2D eigenvalue weighted by Crippen LogP contribution is 2.26. The van der Waals surface area contributed by atoms with Crippen molar-refractivity contribution in [2.24, 2.45) is 0 Å². The Morgan fingerprint density at radius 1 is 1.50 bits per heavy atom. The molecule has 16 heavy (non-hydrogen) atoms. The van der Waals surface area contributed by atoms with Gasteiger partial charge in [0.1, 0.15) is 0 Å². The first kappa shape index (κ1) is 13.1. The fourth-order valence-corrected chi connectivity index (χ4v) is 1.90. The van der Waals surface area contributed by atoms with Crippen LogP contribution in [0.1, 0.15) is 18.4 Å². The first-order valence-electron chi connectivity index (χ1n) is 5.40. The van der Waals surface area contributed by atoms with Gasteiger partial charge in [-0.3, -0.25) is 0 Å². The minimum absolute atomic E-state index is 0.0280. The van der Waals surface area contributed by atoms with Crippen molar-refractivity contribution in [2.75, 3.05) is 18.5 Å². The molecule has 0 spiro atoms. The molecule has 1 N–H and O–H groups in total. The van der Waals surface area contributed by atoms with Crippen LogP contribution >= 0.6 is 11.6 Å². The zero-order chi connectivity index (χ0) is 12.0. The molecule has 1 aromatic rings. The number of benzene rings is 1. The average molecular weight is 240 g/mol. The molecular weight excluding hydrogens is 222 g/mol. The summed E-state index contributed by atoms with van der Waals surface area (Å²) in [6.45, 7) is 4.67.